The van der Waals surface area contributed by atoms with E-state index in [1.54, 1.807) is 12.1 Å². The number of carbonyl (C=O) groups is 1. The van der Waals surface area contributed by atoms with Gasteiger partial charge in [-0.3, -0.25) is 4.72 Å². The Morgan fingerprint density at radius 2 is 1.87 bits per heavy atom. The molecular formula is C15H14ClNO5S. The first-order chi connectivity index (χ1) is 10.9. The lowest BCUT2D eigenvalue weighted by atomic mass is 10.2. The zero-order valence-corrected chi connectivity index (χ0v) is 13.9. The van der Waals surface area contributed by atoms with Gasteiger partial charge in [-0.2, -0.15) is 0 Å². The molecule has 122 valence electrons. The third kappa shape index (κ3) is 3.94. The minimum atomic E-state index is -3.92. The van der Waals surface area contributed by atoms with Crippen molar-refractivity contribution < 1.29 is 22.7 Å². The fourth-order valence-electron chi connectivity index (χ4n) is 1.87. The summed E-state index contributed by atoms with van der Waals surface area (Å²) in [5, 5.41) is 0.354. The lowest BCUT2D eigenvalue weighted by molar-refractivity contribution is 0.0600. The summed E-state index contributed by atoms with van der Waals surface area (Å²) >= 11 is 5.88. The number of sulfonamides is 1. The highest BCUT2D eigenvalue weighted by Gasteiger charge is 2.18. The molecule has 0 aliphatic heterocycles. The molecule has 0 radical (unpaired) electrons. The molecule has 0 spiro atoms. The van der Waals surface area contributed by atoms with Crippen molar-refractivity contribution in [1.29, 1.82) is 0 Å². The van der Waals surface area contributed by atoms with E-state index in [2.05, 4.69) is 9.46 Å². The van der Waals surface area contributed by atoms with Crippen LogP contribution in [-0.2, 0) is 14.8 Å². The van der Waals surface area contributed by atoms with E-state index in [1.165, 1.54) is 44.6 Å². The second-order valence-electron chi connectivity index (χ2n) is 4.47. The van der Waals surface area contributed by atoms with Crippen LogP contribution in [0, 0.1) is 0 Å². The van der Waals surface area contributed by atoms with Crippen molar-refractivity contribution in [2.24, 2.45) is 0 Å². The van der Waals surface area contributed by atoms with Gasteiger partial charge in [0.05, 0.1) is 30.4 Å². The number of ether oxygens (including phenoxy) is 2. The van der Waals surface area contributed by atoms with E-state index >= 15 is 0 Å². The van der Waals surface area contributed by atoms with Crippen LogP contribution in [0.15, 0.2) is 47.4 Å². The van der Waals surface area contributed by atoms with Crippen molar-refractivity contribution in [3.8, 4) is 5.75 Å². The van der Waals surface area contributed by atoms with Gasteiger partial charge in [0.2, 0.25) is 0 Å². The van der Waals surface area contributed by atoms with Crippen molar-refractivity contribution in [2.75, 3.05) is 18.9 Å². The van der Waals surface area contributed by atoms with E-state index in [0.29, 0.717) is 10.8 Å². The lowest BCUT2D eigenvalue weighted by Gasteiger charge is -2.12. The molecule has 0 amide bonds. The van der Waals surface area contributed by atoms with E-state index in [9.17, 15) is 13.2 Å². The predicted molar refractivity (Wildman–Crippen MR) is 86.6 cm³/mol. The highest BCUT2D eigenvalue weighted by Crippen LogP contribution is 2.29. The van der Waals surface area contributed by atoms with Crippen LogP contribution in [0.4, 0.5) is 5.69 Å². The van der Waals surface area contributed by atoms with Crippen molar-refractivity contribution in [1.82, 2.24) is 0 Å². The molecule has 2 aromatic rings. The summed E-state index contributed by atoms with van der Waals surface area (Å²) in [6.45, 7) is 0. The highest BCUT2D eigenvalue weighted by molar-refractivity contribution is 7.92. The van der Waals surface area contributed by atoms with Gasteiger partial charge in [-0.1, -0.05) is 17.7 Å². The molecule has 0 saturated carbocycles. The number of esters is 1. The molecule has 2 aromatic carbocycles. The number of nitrogens with one attached hydrogen (secondary N) is 1. The molecule has 0 aliphatic rings. The summed E-state index contributed by atoms with van der Waals surface area (Å²) in [5.41, 5.74) is 0.330. The molecule has 0 fully saturated rings. The van der Waals surface area contributed by atoms with Gasteiger partial charge in [0, 0.05) is 5.02 Å². The van der Waals surface area contributed by atoms with Crippen molar-refractivity contribution >= 4 is 33.3 Å². The van der Waals surface area contributed by atoms with Crippen LogP contribution in [0.2, 0.25) is 5.02 Å². The fraction of sp³-hybridized carbons (Fsp3) is 0.133. The van der Waals surface area contributed by atoms with Crippen LogP contribution in [0.3, 0.4) is 0 Å². The molecule has 0 bridgehead atoms. The Labute approximate surface area is 139 Å². The summed E-state index contributed by atoms with van der Waals surface area (Å²) in [6, 6.07) is 10.1. The second-order valence-corrected chi connectivity index (χ2v) is 6.59. The van der Waals surface area contributed by atoms with Gasteiger partial charge >= 0.3 is 5.97 Å². The average molecular weight is 356 g/mol. The smallest absolute Gasteiger partial charge is 0.337 e. The number of hydrogen-bond donors (Lipinski definition) is 1. The summed E-state index contributed by atoms with van der Waals surface area (Å²) in [6.07, 6.45) is 0. The molecule has 6 nitrogen and oxygen atoms in total. The van der Waals surface area contributed by atoms with E-state index in [4.69, 9.17) is 16.3 Å². The molecule has 0 heterocycles. The molecule has 0 atom stereocenters. The highest BCUT2D eigenvalue weighted by atomic mass is 35.5. The summed E-state index contributed by atoms with van der Waals surface area (Å²) < 4.78 is 37.0. The third-order valence-corrected chi connectivity index (χ3v) is 4.57. The van der Waals surface area contributed by atoms with Gasteiger partial charge in [0.25, 0.3) is 10.0 Å². The first-order valence-corrected chi connectivity index (χ1v) is 8.28. The van der Waals surface area contributed by atoms with Gasteiger partial charge in [-0.05, 0) is 36.4 Å². The first-order valence-electron chi connectivity index (χ1n) is 6.42. The largest absolute Gasteiger partial charge is 0.495 e. The number of benzene rings is 2. The van der Waals surface area contributed by atoms with Gasteiger partial charge in [-0.15, -0.1) is 0 Å². The number of carbonyl (C=O) groups excluding carboxylic acids is 1. The molecule has 0 aromatic heterocycles. The average Bonchev–Trinajstić information content (AvgIpc) is 2.54. The topological polar surface area (TPSA) is 81.7 Å². The van der Waals surface area contributed by atoms with E-state index < -0.39 is 16.0 Å². The Kier molecular flexibility index (Phi) is 5.12. The number of anilines is 1. The number of methoxy groups -OCH3 is 2. The maximum Gasteiger partial charge on any atom is 0.337 e. The maximum atomic E-state index is 12.5. The summed E-state index contributed by atoms with van der Waals surface area (Å²) in [4.78, 5) is 11.4. The zero-order valence-electron chi connectivity index (χ0n) is 12.4. The van der Waals surface area contributed by atoms with E-state index in [0.717, 1.165) is 0 Å². The molecule has 0 unspecified atom stereocenters. The molecule has 0 aliphatic carbocycles. The standard InChI is InChI=1S/C15H14ClNO5S/c1-21-14-7-6-11(16)9-13(14)17-23(19,20)12-5-3-4-10(8-12)15(18)22-2/h3-9,17H,1-2H3. The molecule has 23 heavy (non-hydrogen) atoms. The van der Waals surface area contributed by atoms with Crippen LogP contribution < -0.4 is 9.46 Å². The third-order valence-electron chi connectivity index (χ3n) is 2.97. The van der Waals surface area contributed by atoms with Crippen molar-refractivity contribution in [2.45, 2.75) is 4.90 Å². The lowest BCUT2D eigenvalue weighted by Crippen LogP contribution is -2.14. The van der Waals surface area contributed by atoms with Crippen LogP contribution in [0.1, 0.15) is 10.4 Å². The van der Waals surface area contributed by atoms with Crippen LogP contribution in [-0.4, -0.2) is 28.6 Å². The van der Waals surface area contributed by atoms with Gasteiger partial charge < -0.3 is 9.47 Å². The van der Waals surface area contributed by atoms with Crippen molar-refractivity contribution in [3.63, 3.8) is 0 Å². The minimum absolute atomic E-state index is 0.0811. The summed E-state index contributed by atoms with van der Waals surface area (Å²) in [7, 11) is -1.29. The number of rotatable bonds is 5. The van der Waals surface area contributed by atoms with Crippen LogP contribution in [0.25, 0.3) is 0 Å². The summed E-state index contributed by atoms with van der Waals surface area (Å²) in [5.74, 6) is -0.301. The number of halogens is 1. The normalized spacial score (nSPS) is 10.9. The second kappa shape index (κ2) is 6.89. The van der Waals surface area contributed by atoms with Crippen LogP contribution >= 0.6 is 11.6 Å². The monoisotopic (exact) mass is 355 g/mol. The molecule has 0 saturated heterocycles. The van der Waals surface area contributed by atoms with E-state index in [-0.39, 0.29) is 16.1 Å². The predicted octanol–water partition coefficient (Wildman–Crippen LogP) is 2.94. The Bertz CT molecular complexity index is 836. The van der Waals surface area contributed by atoms with E-state index in [1.807, 2.05) is 0 Å². The van der Waals surface area contributed by atoms with Gasteiger partial charge in [0.15, 0.2) is 0 Å². The Balaban J connectivity index is 2.40. The maximum absolute atomic E-state index is 12.5. The molecule has 8 heteroatoms. The van der Waals surface area contributed by atoms with Gasteiger partial charge in [-0.25, -0.2) is 13.2 Å². The van der Waals surface area contributed by atoms with Gasteiger partial charge in [0.1, 0.15) is 5.75 Å². The molecule has 2 rings (SSSR count). The number of hydrogen-bond acceptors (Lipinski definition) is 5. The zero-order chi connectivity index (χ0) is 17.0. The quantitative estimate of drug-likeness (QED) is 0.834. The van der Waals surface area contributed by atoms with Crippen LogP contribution in [0.5, 0.6) is 5.75 Å². The Morgan fingerprint density at radius 3 is 2.52 bits per heavy atom. The van der Waals surface area contributed by atoms with Crippen molar-refractivity contribution in [3.05, 3.63) is 53.1 Å². The Morgan fingerprint density at radius 1 is 1.13 bits per heavy atom. The molecular weight excluding hydrogens is 342 g/mol. The SMILES string of the molecule is COC(=O)c1cccc(S(=O)(=O)Nc2cc(Cl)ccc2OC)c1. The fourth-order valence-corrected chi connectivity index (χ4v) is 3.15. The first kappa shape index (κ1) is 17.1. The minimum Gasteiger partial charge on any atom is -0.495 e. The Hall–Kier alpha value is -2.25. The molecule has 1 N–H and O–H groups in total.